The van der Waals surface area contributed by atoms with Gasteiger partial charge >= 0.3 is 0 Å². The summed E-state index contributed by atoms with van der Waals surface area (Å²) >= 11 is 0. The Bertz CT molecular complexity index is 3010. The molecule has 18 heteroatoms. The lowest BCUT2D eigenvalue weighted by Gasteiger charge is -2.40. The van der Waals surface area contributed by atoms with Crippen LogP contribution in [0.2, 0.25) is 0 Å². The summed E-state index contributed by atoms with van der Waals surface area (Å²) in [4.78, 5) is 93.6. The van der Waals surface area contributed by atoms with E-state index in [0.717, 1.165) is 161 Å². The Kier molecular flexibility index (Phi) is 19.3. The number of aryl methyl sites for hydroxylation is 1. The molecule has 0 radical (unpaired) electrons. The molecule has 81 heavy (non-hydrogen) atoms. The van der Waals surface area contributed by atoms with Crippen LogP contribution in [0.5, 0.6) is 11.5 Å². The molecule has 18 nitrogen and oxygen atoms in total. The van der Waals surface area contributed by atoms with Crippen LogP contribution in [0, 0.1) is 11.8 Å². The molecular weight excluding hydrogens is 1020 g/mol. The minimum atomic E-state index is -0.571. The average Bonchev–Trinajstić information content (AvgIpc) is 3.51. The van der Waals surface area contributed by atoms with Gasteiger partial charge in [0.1, 0.15) is 23.2 Å². The van der Waals surface area contributed by atoms with E-state index in [9.17, 15) is 24.0 Å². The Morgan fingerprint density at radius 2 is 1.53 bits per heavy atom. The third-order valence-electron chi connectivity index (χ3n) is 17.7. The van der Waals surface area contributed by atoms with E-state index in [-0.39, 0.29) is 47.6 Å². The van der Waals surface area contributed by atoms with E-state index in [1.807, 2.05) is 102 Å². The normalized spacial score (nSPS) is 19.4. The molecule has 2 atom stereocenters. The van der Waals surface area contributed by atoms with Crippen LogP contribution in [0.15, 0.2) is 83.9 Å². The van der Waals surface area contributed by atoms with E-state index in [4.69, 9.17) is 9.47 Å². The first-order valence-corrected chi connectivity index (χ1v) is 30.0. The zero-order valence-corrected chi connectivity index (χ0v) is 47.8. The molecule has 1 aliphatic carbocycles. The number of carbonyl (C=O) groups is 4. The molecule has 4 saturated heterocycles. The van der Waals surface area contributed by atoms with Crippen LogP contribution in [-0.2, 0) is 29.1 Å². The lowest BCUT2D eigenvalue weighted by atomic mass is 9.82. The second-order valence-electron chi connectivity index (χ2n) is 22.9. The van der Waals surface area contributed by atoms with Crippen LogP contribution in [-0.4, -0.2) is 174 Å². The summed E-state index contributed by atoms with van der Waals surface area (Å²) in [5, 5.41) is 6.59. The maximum atomic E-state index is 14.5. The van der Waals surface area contributed by atoms with Crippen LogP contribution in [0.3, 0.4) is 0 Å². The van der Waals surface area contributed by atoms with Crippen molar-refractivity contribution in [2.75, 3.05) is 110 Å². The van der Waals surface area contributed by atoms with Crippen molar-refractivity contribution in [2.24, 2.45) is 11.8 Å². The summed E-state index contributed by atoms with van der Waals surface area (Å²) in [5.41, 5.74) is 7.38. The van der Waals surface area contributed by atoms with Gasteiger partial charge in [0.15, 0.2) is 0 Å². The first-order valence-electron chi connectivity index (χ1n) is 30.0. The Hall–Kier alpha value is -6.89. The smallest absolute Gasteiger partial charge is 0.272 e. The number of likely N-dealkylation sites (tertiary alicyclic amines) is 2. The number of methoxy groups -OCH3 is 1. The van der Waals surface area contributed by atoms with Crippen LogP contribution in [0.1, 0.15) is 121 Å². The van der Waals surface area contributed by atoms with Crippen molar-refractivity contribution >= 4 is 40.3 Å². The molecule has 5 aromatic rings. The zero-order chi connectivity index (χ0) is 56.2. The van der Waals surface area contributed by atoms with Crippen molar-refractivity contribution in [1.29, 1.82) is 0 Å². The van der Waals surface area contributed by atoms with E-state index in [1.165, 1.54) is 0 Å². The van der Waals surface area contributed by atoms with E-state index in [1.54, 1.807) is 7.11 Å². The molecule has 2 aromatic carbocycles. The molecule has 3 N–H and O–H groups in total. The monoisotopic (exact) mass is 1110 g/mol. The van der Waals surface area contributed by atoms with Gasteiger partial charge in [-0.3, -0.25) is 38.8 Å². The van der Waals surface area contributed by atoms with Gasteiger partial charge in [-0.25, -0.2) is 4.98 Å². The predicted octanol–water partition coefficient (Wildman–Crippen LogP) is 6.48. The lowest BCUT2D eigenvalue weighted by molar-refractivity contribution is -0.136. The minimum Gasteiger partial charge on any atom is -0.497 e. The van der Waals surface area contributed by atoms with Crippen molar-refractivity contribution in [3.8, 4) is 11.5 Å². The van der Waals surface area contributed by atoms with Crippen LogP contribution < -0.4 is 30.6 Å². The fourth-order valence-electron chi connectivity index (χ4n) is 12.8. The number of H-pyrrole nitrogens is 1. The molecule has 3 aromatic heterocycles. The van der Waals surface area contributed by atoms with Gasteiger partial charge in [0.25, 0.3) is 17.4 Å². The number of ether oxygens (including phenoxy) is 2. The van der Waals surface area contributed by atoms with Gasteiger partial charge in [-0.15, -0.1) is 0 Å². The topological polar surface area (TPSA) is 189 Å². The Balaban J connectivity index is 0.655. The van der Waals surface area contributed by atoms with E-state index in [2.05, 4.69) is 46.4 Å². The van der Waals surface area contributed by atoms with Gasteiger partial charge in [-0.1, -0.05) is 44.4 Å². The van der Waals surface area contributed by atoms with Gasteiger partial charge in [-0.05, 0) is 117 Å². The van der Waals surface area contributed by atoms with Crippen molar-refractivity contribution < 1.29 is 28.7 Å². The van der Waals surface area contributed by atoms with Crippen molar-refractivity contribution in [3.05, 3.63) is 123 Å². The highest BCUT2D eigenvalue weighted by atomic mass is 16.5. The fraction of sp³-hybridized carbons (Fsp3) is 0.540. The summed E-state index contributed by atoms with van der Waals surface area (Å²) in [6, 6.07) is 20.7. The van der Waals surface area contributed by atoms with Crippen molar-refractivity contribution in [2.45, 2.75) is 103 Å². The van der Waals surface area contributed by atoms with Crippen LogP contribution >= 0.6 is 0 Å². The molecule has 0 bridgehead atoms. The standard InChI is InChI=1S/C63H83N11O7/c1-4-46-35-55-56(67-60(46)76)33-45(37-65-55)42-70-25-29-71(30-26-70)52-17-19-54(66-39-52)62(78)73-31-27-69(28-32-73)41-44-20-23-72(24-21-44)63(79)59(47-11-7-6-8-12-47)68-61(77)49-14-9-13-48(34-49)51-15-10-22-74(43-51)58(75)40-64-38-50-16-18-53(80-3)36-57(50)81-5-2/h9,13-14,16-19,33-37,39,44,47,51,59,64H,4-8,10-12,15,20-32,38,40-43H2,1-3H3,(H,67,76)(H,68,77)/t51?,59-/m0/s1. The highest BCUT2D eigenvalue weighted by molar-refractivity contribution is 5.98. The summed E-state index contributed by atoms with van der Waals surface area (Å²) in [6.07, 6.45) is 13.1. The fourth-order valence-corrected chi connectivity index (χ4v) is 12.8. The number of pyridine rings is 3. The lowest BCUT2D eigenvalue weighted by Crippen LogP contribution is -2.55. The van der Waals surface area contributed by atoms with Gasteiger partial charge in [0.2, 0.25) is 11.8 Å². The number of anilines is 1. The van der Waals surface area contributed by atoms with Crippen LogP contribution in [0.25, 0.3) is 11.0 Å². The van der Waals surface area contributed by atoms with Crippen molar-refractivity contribution in [1.82, 2.24) is 50.1 Å². The van der Waals surface area contributed by atoms with E-state index < -0.39 is 6.04 Å². The van der Waals surface area contributed by atoms with Crippen LogP contribution in [0.4, 0.5) is 5.69 Å². The maximum Gasteiger partial charge on any atom is 0.272 e. The number of hydrogen-bond donors (Lipinski definition) is 3. The number of nitrogens with zero attached hydrogens (tertiary/aromatic N) is 8. The molecule has 7 heterocycles. The third kappa shape index (κ3) is 14.4. The number of aromatic nitrogens is 3. The number of piperazine rings is 2. The maximum absolute atomic E-state index is 14.5. The number of fused-ring (bicyclic) bond motifs is 1. The Morgan fingerprint density at radius 3 is 2.27 bits per heavy atom. The summed E-state index contributed by atoms with van der Waals surface area (Å²) in [7, 11) is 1.63. The van der Waals surface area contributed by atoms with E-state index in [0.29, 0.717) is 76.0 Å². The largest absolute Gasteiger partial charge is 0.497 e. The molecular formula is C63H83N11O7. The zero-order valence-electron chi connectivity index (χ0n) is 47.8. The van der Waals surface area contributed by atoms with Gasteiger partial charge in [0.05, 0.1) is 43.2 Å². The second-order valence-corrected chi connectivity index (χ2v) is 22.9. The molecule has 4 aliphatic heterocycles. The molecule has 4 amide bonds. The molecule has 1 saturated carbocycles. The molecule has 10 rings (SSSR count). The second kappa shape index (κ2) is 27.3. The first kappa shape index (κ1) is 57.3. The highest BCUT2D eigenvalue weighted by Crippen LogP contribution is 2.32. The average molecular weight is 1110 g/mol. The summed E-state index contributed by atoms with van der Waals surface area (Å²) < 4.78 is 11.2. The van der Waals surface area contributed by atoms with Crippen molar-refractivity contribution in [3.63, 3.8) is 0 Å². The molecule has 0 spiro atoms. The molecule has 5 aliphatic rings. The van der Waals surface area contributed by atoms with Gasteiger partial charge < -0.3 is 44.7 Å². The third-order valence-corrected chi connectivity index (χ3v) is 17.7. The number of carbonyl (C=O) groups excluding carboxylic acids is 4. The number of amides is 4. The SMILES string of the molecule is CCOc1cc(OC)ccc1CNCC(=O)N1CCCC(c2cccc(C(=O)N[C@H](C(=O)N3CCC(CN4CCN(C(=O)c5ccc(N6CCN(Cc7cnc8cc(CC)c(=O)[nH]c8c7)CC6)cn5)CC4)CC3)C3CCCCC3)c2)C1. The molecule has 5 fully saturated rings. The van der Waals surface area contributed by atoms with Gasteiger partial charge in [0, 0.05) is 133 Å². The number of hydrogen-bond acceptors (Lipinski definition) is 13. The number of nitrogens with one attached hydrogen (secondary N) is 3. The highest BCUT2D eigenvalue weighted by Gasteiger charge is 2.37. The van der Waals surface area contributed by atoms with E-state index >= 15 is 0 Å². The predicted molar refractivity (Wildman–Crippen MR) is 314 cm³/mol. The summed E-state index contributed by atoms with van der Waals surface area (Å²) in [5.74, 6) is 1.94. The number of aromatic amines is 1. The Labute approximate surface area is 476 Å². The number of piperidine rings is 2. The minimum absolute atomic E-state index is 0.0332. The molecule has 432 valence electrons. The number of benzene rings is 2. The number of rotatable bonds is 19. The Morgan fingerprint density at radius 1 is 0.741 bits per heavy atom. The quantitative estimate of drug-likeness (QED) is 0.0816. The van der Waals surface area contributed by atoms with Gasteiger partial charge in [-0.2, -0.15) is 0 Å². The first-order chi connectivity index (χ1) is 39.5. The molecule has 1 unspecified atom stereocenters. The summed E-state index contributed by atoms with van der Waals surface area (Å²) in [6.45, 7) is 15.8.